The lowest BCUT2D eigenvalue weighted by atomic mass is 9.99. The van der Waals surface area contributed by atoms with E-state index in [-0.39, 0.29) is 0 Å². The Kier molecular flexibility index (Phi) is 6.39. The van der Waals surface area contributed by atoms with Crippen molar-refractivity contribution in [2.45, 2.75) is 0 Å². The second-order valence-electron chi connectivity index (χ2n) is 12.6. The minimum atomic E-state index is 0.922. The normalized spacial score (nSPS) is 11.7. The van der Waals surface area contributed by atoms with Crippen LogP contribution < -0.4 is 4.90 Å². The first-order chi connectivity index (χ1) is 24.3. The molecule has 10 aromatic rings. The van der Waals surface area contributed by atoms with Gasteiger partial charge in [0, 0.05) is 37.6 Å². The van der Waals surface area contributed by atoms with Crippen LogP contribution in [0.5, 0.6) is 0 Å². The van der Waals surface area contributed by atoms with Crippen molar-refractivity contribution in [2.75, 3.05) is 4.90 Å². The molecule has 0 saturated carbocycles. The topological polar surface area (TPSA) is 16.4 Å². The van der Waals surface area contributed by atoms with Gasteiger partial charge in [0.1, 0.15) is 11.2 Å². The van der Waals surface area contributed by atoms with E-state index in [1.54, 1.807) is 0 Å². The summed E-state index contributed by atoms with van der Waals surface area (Å²) in [5, 5.41) is 7.28. The van der Waals surface area contributed by atoms with Gasteiger partial charge in [-0.15, -0.1) is 11.3 Å². The van der Waals surface area contributed by atoms with Crippen molar-refractivity contribution in [3.05, 3.63) is 176 Å². The summed E-state index contributed by atoms with van der Waals surface area (Å²) in [6.07, 6.45) is 0. The zero-order chi connectivity index (χ0) is 32.3. The SMILES string of the molecule is c1ccc(-c2ccc(N(c3ccc(-c4ccc5cc6c(cc5c4)oc4ccccc46)cc3)c3cccc4c3sc3ccccc34)cc2)cc1. The van der Waals surface area contributed by atoms with Gasteiger partial charge in [0.05, 0.1) is 10.4 Å². The Hall–Kier alpha value is -6.16. The number of fused-ring (bicyclic) bond motifs is 7. The van der Waals surface area contributed by atoms with Crippen LogP contribution in [0.25, 0.3) is 75.1 Å². The van der Waals surface area contributed by atoms with Crippen LogP contribution in [0.15, 0.2) is 180 Å². The lowest BCUT2D eigenvalue weighted by Gasteiger charge is -2.26. The summed E-state index contributed by atoms with van der Waals surface area (Å²) in [7, 11) is 0. The monoisotopic (exact) mass is 643 g/mol. The predicted molar refractivity (Wildman–Crippen MR) is 210 cm³/mol. The maximum Gasteiger partial charge on any atom is 0.136 e. The summed E-state index contributed by atoms with van der Waals surface area (Å²) < 4.78 is 8.80. The highest BCUT2D eigenvalue weighted by Crippen LogP contribution is 2.45. The summed E-state index contributed by atoms with van der Waals surface area (Å²) >= 11 is 1.86. The first-order valence-electron chi connectivity index (χ1n) is 16.6. The van der Waals surface area contributed by atoms with Crippen LogP contribution in [0.1, 0.15) is 0 Å². The Labute approximate surface area is 287 Å². The lowest BCUT2D eigenvalue weighted by Crippen LogP contribution is -2.10. The van der Waals surface area contributed by atoms with E-state index < -0.39 is 0 Å². The fourth-order valence-corrected chi connectivity index (χ4v) is 8.43. The lowest BCUT2D eigenvalue weighted by molar-refractivity contribution is 0.669. The summed E-state index contributed by atoms with van der Waals surface area (Å²) in [5.41, 5.74) is 10.0. The molecule has 0 aliphatic carbocycles. The summed E-state index contributed by atoms with van der Waals surface area (Å²) in [4.78, 5) is 2.40. The molecule has 230 valence electrons. The Morgan fingerprint density at radius 2 is 1.02 bits per heavy atom. The summed E-state index contributed by atoms with van der Waals surface area (Å²) in [5.74, 6) is 0. The number of thiophene rings is 1. The minimum absolute atomic E-state index is 0.922. The summed E-state index contributed by atoms with van der Waals surface area (Å²) in [6.45, 7) is 0. The maximum atomic E-state index is 6.21. The van der Waals surface area contributed by atoms with Gasteiger partial charge in [-0.05, 0) is 93.7 Å². The highest BCUT2D eigenvalue weighted by atomic mass is 32.1. The predicted octanol–water partition coefficient (Wildman–Crippen LogP) is 13.9. The number of rotatable bonds is 5. The third-order valence-electron chi connectivity index (χ3n) is 9.65. The van der Waals surface area contributed by atoms with Crippen molar-refractivity contribution in [3.63, 3.8) is 0 Å². The minimum Gasteiger partial charge on any atom is -0.456 e. The Morgan fingerprint density at radius 1 is 0.388 bits per heavy atom. The quantitative estimate of drug-likeness (QED) is 0.186. The van der Waals surface area contributed by atoms with Crippen LogP contribution in [-0.4, -0.2) is 0 Å². The molecule has 10 rings (SSSR count). The fraction of sp³-hybridized carbons (Fsp3) is 0. The Bertz CT molecular complexity index is 2810. The van der Waals surface area contributed by atoms with Gasteiger partial charge in [-0.25, -0.2) is 0 Å². The van der Waals surface area contributed by atoms with Gasteiger partial charge in [0.15, 0.2) is 0 Å². The molecule has 49 heavy (non-hydrogen) atoms. The zero-order valence-corrected chi connectivity index (χ0v) is 27.3. The molecule has 3 heteroatoms. The second kappa shape index (κ2) is 11.2. The number of para-hydroxylation sites is 1. The van der Waals surface area contributed by atoms with Gasteiger partial charge >= 0.3 is 0 Å². The van der Waals surface area contributed by atoms with Crippen molar-refractivity contribution in [1.29, 1.82) is 0 Å². The number of benzene rings is 8. The molecule has 0 spiro atoms. The zero-order valence-electron chi connectivity index (χ0n) is 26.5. The number of furan rings is 1. The van der Waals surface area contributed by atoms with Gasteiger partial charge in [0.25, 0.3) is 0 Å². The van der Waals surface area contributed by atoms with Gasteiger partial charge in [-0.1, -0.05) is 115 Å². The molecule has 2 nitrogen and oxygen atoms in total. The van der Waals surface area contributed by atoms with Gasteiger partial charge in [0.2, 0.25) is 0 Å². The van der Waals surface area contributed by atoms with E-state index in [0.29, 0.717) is 0 Å². The van der Waals surface area contributed by atoms with Gasteiger partial charge in [-0.2, -0.15) is 0 Å². The van der Waals surface area contributed by atoms with Crippen LogP contribution in [0, 0.1) is 0 Å². The first kappa shape index (κ1) is 27.9. The van der Waals surface area contributed by atoms with Gasteiger partial charge < -0.3 is 9.32 Å². The van der Waals surface area contributed by atoms with Crippen molar-refractivity contribution in [3.8, 4) is 22.3 Å². The third-order valence-corrected chi connectivity index (χ3v) is 10.9. The van der Waals surface area contributed by atoms with Crippen molar-refractivity contribution in [1.82, 2.24) is 0 Å². The summed E-state index contributed by atoms with van der Waals surface area (Å²) in [6, 6.07) is 63.3. The van der Waals surface area contributed by atoms with Crippen LogP contribution in [0.2, 0.25) is 0 Å². The van der Waals surface area contributed by atoms with Gasteiger partial charge in [-0.3, -0.25) is 0 Å². The second-order valence-corrected chi connectivity index (χ2v) is 13.6. The highest BCUT2D eigenvalue weighted by molar-refractivity contribution is 7.26. The molecule has 0 fully saturated rings. The molecule has 2 heterocycles. The molecule has 0 aliphatic rings. The van der Waals surface area contributed by atoms with E-state index in [2.05, 4.69) is 169 Å². The molecule has 0 radical (unpaired) electrons. The van der Waals surface area contributed by atoms with E-state index in [1.165, 1.54) is 58.9 Å². The van der Waals surface area contributed by atoms with E-state index in [4.69, 9.17) is 4.42 Å². The molecule has 0 bridgehead atoms. The average Bonchev–Trinajstić information content (AvgIpc) is 3.73. The largest absolute Gasteiger partial charge is 0.456 e. The van der Waals surface area contributed by atoms with E-state index in [1.807, 2.05) is 23.5 Å². The van der Waals surface area contributed by atoms with Crippen molar-refractivity contribution in [2.24, 2.45) is 0 Å². The average molecular weight is 644 g/mol. The molecule has 2 aromatic heterocycles. The molecule has 0 amide bonds. The van der Waals surface area contributed by atoms with Crippen molar-refractivity contribution >= 4 is 81.3 Å². The molecular formula is C46H29NOS. The molecule has 0 saturated heterocycles. The third kappa shape index (κ3) is 4.70. The van der Waals surface area contributed by atoms with Crippen LogP contribution >= 0.6 is 11.3 Å². The Morgan fingerprint density at radius 3 is 1.82 bits per heavy atom. The van der Waals surface area contributed by atoms with E-state index in [0.717, 1.165) is 33.3 Å². The highest BCUT2D eigenvalue weighted by Gasteiger charge is 2.18. The van der Waals surface area contributed by atoms with E-state index >= 15 is 0 Å². The number of anilines is 3. The molecule has 0 unspecified atom stereocenters. The standard InChI is InChI=1S/C46H29NOS/c1-2-9-30(10-3-1)31-19-23-36(24-20-31)47(42-14-8-13-40-39-12-5-7-16-45(39)49-46(40)42)37-25-21-32(22-26-37)33-17-18-34-28-41-38-11-4-6-15-43(38)48-44(41)29-35(34)27-33/h1-29H. The molecule has 0 N–H and O–H groups in total. The molecule has 8 aromatic carbocycles. The molecule has 0 aliphatic heterocycles. The van der Waals surface area contributed by atoms with E-state index in [9.17, 15) is 0 Å². The number of hydrogen-bond acceptors (Lipinski definition) is 3. The van der Waals surface area contributed by atoms with Crippen LogP contribution in [-0.2, 0) is 0 Å². The smallest absolute Gasteiger partial charge is 0.136 e. The Balaban J connectivity index is 1.08. The molecule has 0 atom stereocenters. The molecular weight excluding hydrogens is 615 g/mol. The van der Waals surface area contributed by atoms with Crippen LogP contribution in [0.4, 0.5) is 17.1 Å². The van der Waals surface area contributed by atoms with Crippen LogP contribution in [0.3, 0.4) is 0 Å². The maximum absolute atomic E-state index is 6.21. The number of hydrogen-bond donors (Lipinski definition) is 0. The first-order valence-corrected chi connectivity index (χ1v) is 17.4. The fourth-order valence-electron chi connectivity index (χ4n) is 7.22. The van der Waals surface area contributed by atoms with Crippen molar-refractivity contribution < 1.29 is 4.42 Å². The number of nitrogens with zero attached hydrogens (tertiary/aromatic N) is 1.